The van der Waals surface area contributed by atoms with Crippen molar-refractivity contribution in [2.45, 2.75) is 46.7 Å². The molecule has 4 N–H and O–H groups in total. The van der Waals surface area contributed by atoms with E-state index in [0.717, 1.165) is 22.4 Å². The van der Waals surface area contributed by atoms with Crippen LogP contribution in [0.2, 0.25) is 5.02 Å². The molecule has 2 heterocycles. The highest BCUT2D eigenvalue weighted by Gasteiger charge is 2.26. The Balaban J connectivity index is 2.02. The molecule has 1 amide bonds. The van der Waals surface area contributed by atoms with Gasteiger partial charge < -0.3 is 26.1 Å². The minimum atomic E-state index is -0.238. The summed E-state index contributed by atoms with van der Waals surface area (Å²) in [6.07, 6.45) is 1.81. The zero-order chi connectivity index (χ0) is 22.0. The molecule has 0 spiro atoms. The number of nitrogens with two attached hydrogens (primary N) is 1. The van der Waals surface area contributed by atoms with Crippen molar-refractivity contribution in [2.75, 3.05) is 24.2 Å². The molecule has 1 aromatic heterocycles. The Hall–Kier alpha value is -2.87. The molecule has 1 atom stereocenters. The van der Waals surface area contributed by atoms with Crippen molar-refractivity contribution in [1.82, 2.24) is 14.9 Å². The molecular weight excluding hydrogens is 404 g/mol. The van der Waals surface area contributed by atoms with Crippen LogP contribution in [0.5, 0.6) is 5.75 Å². The second-order valence-corrected chi connectivity index (χ2v) is 7.78. The molecule has 0 fully saturated rings. The van der Waals surface area contributed by atoms with E-state index in [1.54, 1.807) is 11.8 Å². The normalized spacial score (nSPS) is 14.4. The number of nitrogens with one attached hydrogen (secondary N) is 2. The first kappa shape index (κ1) is 21.8. The van der Waals surface area contributed by atoms with Crippen LogP contribution in [0.4, 0.5) is 11.6 Å². The molecule has 1 aliphatic heterocycles. The summed E-state index contributed by atoms with van der Waals surface area (Å²) in [4.78, 5) is 22.4. The summed E-state index contributed by atoms with van der Waals surface area (Å²) in [6, 6.07) is 1.64. The minimum absolute atomic E-state index is 0.0844. The first-order valence-electron chi connectivity index (χ1n) is 9.89. The van der Waals surface area contributed by atoms with Crippen LogP contribution < -0.4 is 15.8 Å². The lowest BCUT2D eigenvalue weighted by molar-refractivity contribution is -0.131. The Morgan fingerprint density at radius 3 is 2.87 bits per heavy atom. The molecule has 0 saturated heterocycles. The molecule has 0 aliphatic carbocycles. The number of nitrogen functional groups attached to an aromatic ring is 1. The fraction of sp³-hybridized carbons (Fsp3) is 0.429. The van der Waals surface area contributed by atoms with Crippen LogP contribution >= 0.6 is 11.6 Å². The molecule has 160 valence electrons. The van der Waals surface area contributed by atoms with E-state index in [9.17, 15) is 4.79 Å². The van der Waals surface area contributed by atoms with Crippen molar-refractivity contribution in [3.05, 3.63) is 39.7 Å². The highest BCUT2D eigenvalue weighted by molar-refractivity contribution is 6.31. The number of rotatable bonds is 5. The van der Waals surface area contributed by atoms with Gasteiger partial charge in [0.25, 0.3) is 0 Å². The summed E-state index contributed by atoms with van der Waals surface area (Å²) in [5.41, 5.74) is 9.37. The Bertz CT molecular complexity index is 994. The van der Waals surface area contributed by atoms with Crippen molar-refractivity contribution in [3.8, 4) is 5.75 Å². The van der Waals surface area contributed by atoms with Crippen molar-refractivity contribution in [2.24, 2.45) is 0 Å². The van der Waals surface area contributed by atoms with E-state index in [1.165, 1.54) is 6.33 Å². The molecule has 0 radical (unpaired) electrons. The van der Waals surface area contributed by atoms with Gasteiger partial charge in [-0.05, 0) is 32.4 Å². The monoisotopic (exact) mass is 430 g/mol. The highest BCUT2D eigenvalue weighted by Crippen LogP contribution is 2.39. The number of carbonyl (C=O) groups is 1. The van der Waals surface area contributed by atoms with E-state index in [1.807, 2.05) is 26.8 Å². The fourth-order valence-electron chi connectivity index (χ4n) is 3.61. The second-order valence-electron chi connectivity index (χ2n) is 7.37. The number of hydrogen-bond acceptors (Lipinski definition) is 7. The third-order valence-electron chi connectivity index (χ3n) is 5.31. The van der Waals surface area contributed by atoms with Gasteiger partial charge in [-0.15, -0.1) is 0 Å². The maximum absolute atomic E-state index is 12.3. The summed E-state index contributed by atoms with van der Waals surface area (Å²) < 4.78 is 6.11. The van der Waals surface area contributed by atoms with Gasteiger partial charge in [0.2, 0.25) is 5.91 Å². The van der Waals surface area contributed by atoms with Gasteiger partial charge in [0.1, 0.15) is 30.3 Å². The molecule has 30 heavy (non-hydrogen) atoms. The lowest BCUT2D eigenvalue weighted by atomic mass is 9.98. The molecule has 1 aromatic carbocycles. The number of halogens is 1. The first-order chi connectivity index (χ1) is 14.2. The third-order valence-corrected chi connectivity index (χ3v) is 5.71. The maximum atomic E-state index is 12.3. The number of hydrogen-bond donors (Lipinski definition) is 3. The molecule has 9 heteroatoms. The summed E-state index contributed by atoms with van der Waals surface area (Å²) in [6.45, 7) is 8.79. The fourth-order valence-corrected chi connectivity index (χ4v) is 3.84. The first-order valence-corrected chi connectivity index (χ1v) is 10.3. The van der Waals surface area contributed by atoms with Crippen molar-refractivity contribution in [3.63, 3.8) is 0 Å². The van der Waals surface area contributed by atoms with Crippen LogP contribution in [0.25, 0.3) is 0 Å². The lowest BCUT2D eigenvalue weighted by Gasteiger charge is -2.24. The number of carbonyl (C=O) groups excluding carboxylic acids is 1. The van der Waals surface area contributed by atoms with Gasteiger partial charge in [0, 0.05) is 34.8 Å². The third kappa shape index (κ3) is 4.18. The zero-order valence-corrected chi connectivity index (χ0v) is 18.4. The quantitative estimate of drug-likeness (QED) is 0.622. The van der Waals surface area contributed by atoms with Gasteiger partial charge in [0.05, 0.1) is 18.2 Å². The molecule has 1 aliphatic rings. The number of fused-ring (bicyclic) bond motifs is 1. The number of ether oxygens (including phenoxy) is 1. The Morgan fingerprint density at radius 1 is 1.47 bits per heavy atom. The lowest BCUT2D eigenvalue weighted by Crippen LogP contribution is -2.31. The Labute approximate surface area is 181 Å². The topological polar surface area (TPSA) is 117 Å². The molecule has 8 nitrogen and oxygen atoms in total. The van der Waals surface area contributed by atoms with Crippen LogP contribution in [-0.2, 0) is 11.3 Å². The highest BCUT2D eigenvalue weighted by atomic mass is 35.5. The average Bonchev–Trinajstić information content (AvgIpc) is 2.93. The standard InChI is InChI=1S/C21H27ClN6O2/c1-5-17(29)28-6-7-30-19-14(8-16(22)11(2)15(19)9-28)13(4)27-21-18(12(3)23)20(24)25-10-26-21/h8,10,13,23H,5-7,9H2,1-4H3,(H3,24,25,26,27). The predicted molar refractivity (Wildman–Crippen MR) is 118 cm³/mol. The molecule has 1 unspecified atom stereocenters. The summed E-state index contributed by atoms with van der Waals surface area (Å²) >= 11 is 6.55. The number of benzene rings is 1. The van der Waals surface area contributed by atoms with E-state index in [4.69, 9.17) is 27.5 Å². The Morgan fingerprint density at radius 2 is 2.20 bits per heavy atom. The van der Waals surface area contributed by atoms with Gasteiger partial charge >= 0.3 is 0 Å². The summed E-state index contributed by atoms with van der Waals surface area (Å²) in [5.74, 6) is 1.54. The van der Waals surface area contributed by atoms with E-state index < -0.39 is 0 Å². The largest absolute Gasteiger partial charge is 0.491 e. The second kappa shape index (κ2) is 8.87. The maximum Gasteiger partial charge on any atom is 0.222 e. The summed E-state index contributed by atoms with van der Waals surface area (Å²) in [5, 5.41) is 11.9. The molecule has 2 aromatic rings. The van der Waals surface area contributed by atoms with Gasteiger partial charge in [-0.3, -0.25) is 4.79 Å². The summed E-state index contributed by atoms with van der Waals surface area (Å²) in [7, 11) is 0. The van der Waals surface area contributed by atoms with Crippen LogP contribution in [0, 0.1) is 12.3 Å². The van der Waals surface area contributed by atoms with E-state index in [0.29, 0.717) is 42.5 Å². The average molecular weight is 431 g/mol. The van der Waals surface area contributed by atoms with Crippen LogP contribution in [0.1, 0.15) is 55.5 Å². The number of nitrogens with zero attached hydrogens (tertiary/aromatic N) is 3. The van der Waals surface area contributed by atoms with Crippen molar-refractivity contribution < 1.29 is 9.53 Å². The molecular formula is C21H27ClN6O2. The number of aromatic nitrogens is 2. The van der Waals surface area contributed by atoms with Crippen molar-refractivity contribution in [1.29, 1.82) is 5.41 Å². The SMILES string of the molecule is CCC(=O)N1CCOc2c(C(C)Nc3ncnc(N)c3C(C)=N)cc(Cl)c(C)c2C1. The predicted octanol–water partition coefficient (Wildman–Crippen LogP) is 3.71. The zero-order valence-electron chi connectivity index (χ0n) is 17.7. The molecule has 0 saturated carbocycles. The van der Waals surface area contributed by atoms with E-state index in [2.05, 4.69) is 15.3 Å². The Kier molecular flexibility index (Phi) is 6.45. The van der Waals surface area contributed by atoms with Crippen LogP contribution in [-0.4, -0.2) is 39.6 Å². The van der Waals surface area contributed by atoms with Gasteiger partial charge in [-0.2, -0.15) is 0 Å². The smallest absolute Gasteiger partial charge is 0.222 e. The molecule has 0 bridgehead atoms. The number of anilines is 2. The number of amides is 1. The van der Waals surface area contributed by atoms with E-state index in [-0.39, 0.29) is 23.5 Å². The van der Waals surface area contributed by atoms with Gasteiger partial charge in [0.15, 0.2) is 0 Å². The van der Waals surface area contributed by atoms with Crippen LogP contribution in [0.3, 0.4) is 0 Å². The minimum Gasteiger partial charge on any atom is -0.491 e. The molecule has 3 rings (SSSR count). The van der Waals surface area contributed by atoms with E-state index >= 15 is 0 Å². The van der Waals surface area contributed by atoms with Crippen molar-refractivity contribution >= 4 is 34.9 Å². The van der Waals surface area contributed by atoms with Crippen LogP contribution in [0.15, 0.2) is 12.4 Å². The van der Waals surface area contributed by atoms with Gasteiger partial charge in [-0.25, -0.2) is 9.97 Å². The van der Waals surface area contributed by atoms with Gasteiger partial charge in [-0.1, -0.05) is 18.5 Å².